The number of aliphatic hydroxyl groups excluding tert-OH is 1. The second kappa shape index (κ2) is 6.47. The summed E-state index contributed by atoms with van der Waals surface area (Å²) in [5.74, 6) is 0. The van der Waals surface area contributed by atoms with Crippen LogP contribution in [0.4, 0.5) is 0 Å². The smallest absolute Gasteiger partial charge is 0.0937 e. The van der Waals surface area contributed by atoms with E-state index in [0.717, 1.165) is 38.7 Å². The van der Waals surface area contributed by atoms with Gasteiger partial charge in [-0.05, 0) is 30.4 Å². The van der Waals surface area contributed by atoms with Crippen LogP contribution in [0, 0.1) is 0 Å². The van der Waals surface area contributed by atoms with Crippen molar-refractivity contribution in [2.75, 3.05) is 13.7 Å². The summed E-state index contributed by atoms with van der Waals surface area (Å²) < 4.78 is 11.7. The third-order valence-electron chi connectivity index (χ3n) is 5.24. The van der Waals surface area contributed by atoms with Crippen molar-refractivity contribution in [3.8, 4) is 0 Å². The number of benzene rings is 1. The Labute approximate surface area is 127 Å². The van der Waals surface area contributed by atoms with Gasteiger partial charge in [0.1, 0.15) is 0 Å². The number of ether oxygens (including phenoxy) is 2. The predicted molar refractivity (Wildman–Crippen MR) is 82.3 cm³/mol. The Morgan fingerprint density at radius 2 is 2.05 bits per heavy atom. The fraction of sp³-hybridized carbons (Fsp3) is 0.667. The second-order valence-corrected chi connectivity index (χ2v) is 6.39. The van der Waals surface area contributed by atoms with Gasteiger partial charge in [0.25, 0.3) is 0 Å². The first-order valence-corrected chi connectivity index (χ1v) is 8.18. The number of aliphatic hydroxyl groups is 1. The highest BCUT2D eigenvalue weighted by atomic mass is 16.5. The molecule has 0 amide bonds. The Bertz CT molecular complexity index is 465. The van der Waals surface area contributed by atoms with E-state index in [4.69, 9.17) is 9.47 Å². The fourth-order valence-electron chi connectivity index (χ4n) is 3.91. The maximum Gasteiger partial charge on any atom is 0.0937 e. The molecule has 21 heavy (non-hydrogen) atoms. The molecule has 2 aliphatic rings. The van der Waals surface area contributed by atoms with Gasteiger partial charge in [0.05, 0.1) is 24.4 Å². The molecule has 0 saturated heterocycles. The predicted octanol–water partition coefficient (Wildman–Crippen LogP) is 3.40. The van der Waals surface area contributed by atoms with Crippen LogP contribution in [0.15, 0.2) is 24.3 Å². The average molecular weight is 290 g/mol. The van der Waals surface area contributed by atoms with Gasteiger partial charge in [-0.2, -0.15) is 0 Å². The lowest BCUT2D eigenvalue weighted by atomic mass is 9.78. The number of methoxy groups -OCH3 is 1. The topological polar surface area (TPSA) is 38.7 Å². The lowest BCUT2D eigenvalue weighted by Gasteiger charge is -2.41. The van der Waals surface area contributed by atoms with Crippen molar-refractivity contribution in [1.82, 2.24) is 0 Å². The van der Waals surface area contributed by atoms with Crippen LogP contribution >= 0.6 is 0 Å². The van der Waals surface area contributed by atoms with Gasteiger partial charge in [0.15, 0.2) is 0 Å². The van der Waals surface area contributed by atoms with Crippen LogP contribution < -0.4 is 0 Å². The van der Waals surface area contributed by atoms with Crippen molar-refractivity contribution < 1.29 is 14.6 Å². The van der Waals surface area contributed by atoms with Crippen molar-refractivity contribution >= 4 is 0 Å². The molecule has 2 unspecified atom stereocenters. The summed E-state index contributed by atoms with van der Waals surface area (Å²) in [6.07, 6.45) is 6.60. The third kappa shape index (κ3) is 3.01. The Hall–Kier alpha value is -0.900. The normalized spacial score (nSPS) is 26.1. The maximum absolute atomic E-state index is 10.8. The summed E-state index contributed by atoms with van der Waals surface area (Å²) in [5.41, 5.74) is 2.23. The van der Waals surface area contributed by atoms with Crippen LogP contribution in [-0.4, -0.2) is 30.5 Å². The molecule has 3 heteroatoms. The van der Waals surface area contributed by atoms with Crippen molar-refractivity contribution in [2.24, 2.45) is 0 Å². The minimum Gasteiger partial charge on any atom is -0.390 e. The molecule has 1 saturated carbocycles. The molecule has 1 heterocycles. The molecular weight excluding hydrogens is 264 g/mol. The van der Waals surface area contributed by atoms with Gasteiger partial charge in [-0.25, -0.2) is 0 Å². The molecule has 1 N–H and O–H groups in total. The Balaban J connectivity index is 1.74. The Morgan fingerprint density at radius 3 is 2.81 bits per heavy atom. The first-order chi connectivity index (χ1) is 10.2. The first-order valence-electron chi connectivity index (χ1n) is 8.18. The van der Waals surface area contributed by atoms with Crippen molar-refractivity contribution in [1.29, 1.82) is 0 Å². The van der Waals surface area contributed by atoms with E-state index in [0.29, 0.717) is 6.42 Å². The van der Waals surface area contributed by atoms with Gasteiger partial charge in [-0.15, -0.1) is 0 Å². The Kier molecular flexibility index (Phi) is 4.63. The third-order valence-corrected chi connectivity index (χ3v) is 5.24. The van der Waals surface area contributed by atoms with Crippen LogP contribution in [0.25, 0.3) is 0 Å². The van der Waals surface area contributed by atoms with E-state index in [9.17, 15) is 5.11 Å². The molecule has 0 spiro atoms. The Morgan fingerprint density at radius 1 is 1.29 bits per heavy atom. The van der Waals surface area contributed by atoms with Crippen LogP contribution in [0.5, 0.6) is 0 Å². The summed E-state index contributed by atoms with van der Waals surface area (Å²) >= 11 is 0. The van der Waals surface area contributed by atoms with Gasteiger partial charge in [-0.1, -0.05) is 43.5 Å². The van der Waals surface area contributed by atoms with Gasteiger partial charge in [-0.3, -0.25) is 0 Å². The highest BCUT2D eigenvalue weighted by molar-refractivity contribution is 5.31. The minimum atomic E-state index is -0.459. The first kappa shape index (κ1) is 15.0. The number of fused-ring (bicyclic) bond motifs is 1. The monoisotopic (exact) mass is 290 g/mol. The van der Waals surface area contributed by atoms with E-state index < -0.39 is 6.10 Å². The summed E-state index contributed by atoms with van der Waals surface area (Å²) in [4.78, 5) is 0. The minimum absolute atomic E-state index is 0.00102. The lowest BCUT2D eigenvalue weighted by Crippen LogP contribution is -2.46. The molecule has 2 atom stereocenters. The molecule has 1 fully saturated rings. The van der Waals surface area contributed by atoms with Crippen LogP contribution in [0.3, 0.4) is 0 Å². The van der Waals surface area contributed by atoms with Gasteiger partial charge >= 0.3 is 0 Å². The van der Waals surface area contributed by atoms with Gasteiger partial charge in [0.2, 0.25) is 0 Å². The van der Waals surface area contributed by atoms with Gasteiger partial charge < -0.3 is 14.6 Å². The number of hydrogen-bond acceptors (Lipinski definition) is 3. The number of hydrogen-bond donors (Lipinski definition) is 1. The maximum atomic E-state index is 10.8. The summed E-state index contributed by atoms with van der Waals surface area (Å²) in [6.45, 7) is 0.744. The zero-order valence-corrected chi connectivity index (χ0v) is 12.9. The average Bonchev–Trinajstić information content (AvgIpc) is 2.56. The largest absolute Gasteiger partial charge is 0.390 e. The lowest BCUT2D eigenvalue weighted by molar-refractivity contribution is -0.139. The molecule has 0 radical (unpaired) electrons. The number of rotatable bonds is 4. The molecule has 1 aliphatic heterocycles. The van der Waals surface area contributed by atoms with E-state index in [1.165, 1.54) is 17.5 Å². The zero-order chi connectivity index (χ0) is 14.7. The molecule has 116 valence electrons. The summed E-state index contributed by atoms with van der Waals surface area (Å²) in [7, 11) is 1.74. The SMILES string of the molecule is COC1(C(O)CC2OCCc3ccccc32)CCCCC1. The summed E-state index contributed by atoms with van der Waals surface area (Å²) in [5, 5.41) is 10.8. The highest BCUT2D eigenvalue weighted by Crippen LogP contribution is 2.39. The van der Waals surface area contributed by atoms with E-state index in [-0.39, 0.29) is 11.7 Å². The molecular formula is C18H26O3. The van der Waals surface area contributed by atoms with Crippen molar-refractivity contribution in [2.45, 2.75) is 62.8 Å². The molecule has 0 bridgehead atoms. The standard InChI is InChI=1S/C18H26O3/c1-20-18(10-5-2-6-11-18)17(19)13-16-15-8-4-3-7-14(15)9-12-21-16/h3-4,7-8,16-17,19H,2,5-6,9-13H2,1H3. The van der Waals surface area contributed by atoms with Crippen LogP contribution in [0.2, 0.25) is 0 Å². The highest BCUT2D eigenvalue weighted by Gasteiger charge is 2.41. The van der Waals surface area contributed by atoms with E-state index >= 15 is 0 Å². The van der Waals surface area contributed by atoms with Crippen molar-refractivity contribution in [3.05, 3.63) is 35.4 Å². The zero-order valence-electron chi connectivity index (χ0n) is 12.9. The second-order valence-electron chi connectivity index (χ2n) is 6.39. The summed E-state index contributed by atoms with van der Waals surface area (Å²) in [6, 6.07) is 8.44. The molecule has 0 aromatic heterocycles. The molecule has 3 nitrogen and oxygen atoms in total. The molecule has 1 aromatic rings. The molecule has 3 rings (SSSR count). The van der Waals surface area contributed by atoms with Crippen LogP contribution in [0.1, 0.15) is 55.8 Å². The van der Waals surface area contributed by atoms with E-state index in [1.807, 2.05) is 0 Å². The van der Waals surface area contributed by atoms with Crippen molar-refractivity contribution in [3.63, 3.8) is 0 Å². The fourth-order valence-corrected chi connectivity index (χ4v) is 3.91. The molecule has 1 aromatic carbocycles. The van der Waals surface area contributed by atoms with E-state index in [1.54, 1.807) is 7.11 Å². The van der Waals surface area contributed by atoms with Gasteiger partial charge in [0, 0.05) is 13.5 Å². The quantitative estimate of drug-likeness (QED) is 0.923. The molecule has 1 aliphatic carbocycles. The van der Waals surface area contributed by atoms with Crippen LogP contribution in [-0.2, 0) is 15.9 Å². The van der Waals surface area contributed by atoms with E-state index in [2.05, 4.69) is 24.3 Å².